The molecule has 1 saturated carbocycles. The third kappa shape index (κ3) is 3.63. The molecule has 0 bridgehead atoms. The predicted molar refractivity (Wildman–Crippen MR) is 95.8 cm³/mol. The number of carbonyl (C=O) groups is 2. The van der Waals surface area contributed by atoms with Gasteiger partial charge in [-0.1, -0.05) is 38.0 Å². The number of aryl methyl sites for hydroxylation is 2. The summed E-state index contributed by atoms with van der Waals surface area (Å²) in [4.78, 5) is 27.2. The number of likely N-dealkylation sites (tertiary alicyclic amines) is 1. The van der Waals surface area contributed by atoms with Crippen LogP contribution in [0.25, 0.3) is 0 Å². The van der Waals surface area contributed by atoms with Gasteiger partial charge in [-0.3, -0.25) is 9.59 Å². The molecule has 3 rings (SSSR count). The van der Waals surface area contributed by atoms with Crippen molar-refractivity contribution in [3.63, 3.8) is 0 Å². The van der Waals surface area contributed by atoms with E-state index in [0.29, 0.717) is 6.42 Å². The summed E-state index contributed by atoms with van der Waals surface area (Å²) < 4.78 is 0. The Labute approximate surface area is 144 Å². The van der Waals surface area contributed by atoms with Crippen molar-refractivity contribution in [3.8, 4) is 0 Å². The minimum atomic E-state index is -0.148. The molecule has 1 aliphatic heterocycles. The molecule has 0 aromatic heterocycles. The van der Waals surface area contributed by atoms with Crippen LogP contribution in [-0.2, 0) is 16.0 Å². The Morgan fingerprint density at radius 1 is 1.12 bits per heavy atom. The lowest BCUT2D eigenvalue weighted by molar-refractivity contribution is -0.134. The van der Waals surface area contributed by atoms with Crippen molar-refractivity contribution in [3.05, 3.63) is 29.3 Å². The number of para-hydroxylation sites is 1. The number of rotatable bonds is 4. The van der Waals surface area contributed by atoms with Gasteiger partial charge in [-0.05, 0) is 43.7 Å². The molecule has 0 spiro atoms. The Morgan fingerprint density at radius 3 is 2.50 bits per heavy atom. The van der Waals surface area contributed by atoms with E-state index in [2.05, 4.69) is 18.3 Å². The van der Waals surface area contributed by atoms with E-state index in [-0.39, 0.29) is 23.7 Å². The second-order valence-corrected chi connectivity index (χ2v) is 7.14. The predicted octanol–water partition coefficient (Wildman–Crippen LogP) is 3.53. The van der Waals surface area contributed by atoms with Gasteiger partial charge in [0.1, 0.15) is 0 Å². The molecule has 1 aromatic rings. The van der Waals surface area contributed by atoms with Gasteiger partial charge in [-0.25, -0.2) is 0 Å². The molecule has 0 radical (unpaired) electrons. The highest BCUT2D eigenvalue weighted by Crippen LogP contribution is 2.41. The molecule has 4 heteroatoms. The van der Waals surface area contributed by atoms with E-state index in [1.54, 1.807) is 0 Å². The number of nitrogens with zero attached hydrogens (tertiary/aromatic N) is 1. The second-order valence-electron chi connectivity index (χ2n) is 7.14. The quantitative estimate of drug-likeness (QED) is 0.919. The molecule has 2 atom stereocenters. The zero-order valence-electron chi connectivity index (χ0n) is 14.8. The van der Waals surface area contributed by atoms with Crippen molar-refractivity contribution >= 4 is 17.5 Å². The van der Waals surface area contributed by atoms with E-state index in [0.717, 1.165) is 49.2 Å². The molecule has 1 aromatic carbocycles. The molecular formula is C20H28N2O2. The van der Waals surface area contributed by atoms with Crippen LogP contribution >= 0.6 is 0 Å². The summed E-state index contributed by atoms with van der Waals surface area (Å²) in [6.45, 7) is 5.83. The zero-order chi connectivity index (χ0) is 17.1. The largest absolute Gasteiger partial charge is 0.342 e. The maximum atomic E-state index is 12.6. The van der Waals surface area contributed by atoms with Crippen molar-refractivity contribution in [2.45, 2.75) is 52.4 Å². The first-order valence-electron chi connectivity index (χ1n) is 9.30. The van der Waals surface area contributed by atoms with Crippen LogP contribution < -0.4 is 5.32 Å². The summed E-state index contributed by atoms with van der Waals surface area (Å²) in [6.07, 6.45) is 6.21. The molecule has 1 aliphatic carbocycles. The lowest BCUT2D eigenvalue weighted by Crippen LogP contribution is -2.34. The summed E-state index contributed by atoms with van der Waals surface area (Å²) in [6, 6.07) is 6.09. The van der Waals surface area contributed by atoms with Crippen LogP contribution in [-0.4, -0.2) is 29.8 Å². The van der Waals surface area contributed by atoms with Gasteiger partial charge >= 0.3 is 0 Å². The number of nitrogens with one attached hydrogen (secondary N) is 1. The second kappa shape index (κ2) is 7.37. The van der Waals surface area contributed by atoms with E-state index in [9.17, 15) is 9.59 Å². The van der Waals surface area contributed by atoms with Gasteiger partial charge in [-0.15, -0.1) is 0 Å². The molecule has 2 unspecified atom stereocenters. The highest BCUT2D eigenvalue weighted by molar-refractivity contribution is 6.00. The Bertz CT molecular complexity index is 618. The number of hydrogen-bond acceptors (Lipinski definition) is 2. The number of benzene rings is 1. The molecule has 2 amide bonds. The minimum absolute atomic E-state index is 0.00664. The summed E-state index contributed by atoms with van der Waals surface area (Å²) in [7, 11) is 0. The van der Waals surface area contributed by atoms with Crippen LogP contribution in [0.1, 0.15) is 50.2 Å². The summed E-state index contributed by atoms with van der Waals surface area (Å²) in [5.74, 6) is -0.0491. The average molecular weight is 328 g/mol. The Balaban J connectivity index is 1.61. The monoisotopic (exact) mass is 328 g/mol. The smallest absolute Gasteiger partial charge is 0.228 e. The fourth-order valence-electron chi connectivity index (χ4n) is 3.70. The van der Waals surface area contributed by atoms with Gasteiger partial charge in [0, 0.05) is 18.8 Å². The molecule has 1 heterocycles. The van der Waals surface area contributed by atoms with Crippen LogP contribution in [0.4, 0.5) is 5.69 Å². The molecule has 1 saturated heterocycles. The van der Waals surface area contributed by atoms with E-state index < -0.39 is 0 Å². The molecule has 4 nitrogen and oxygen atoms in total. The maximum absolute atomic E-state index is 12.6. The topological polar surface area (TPSA) is 49.4 Å². The van der Waals surface area contributed by atoms with E-state index in [4.69, 9.17) is 0 Å². The highest BCUT2D eigenvalue weighted by atomic mass is 16.2. The average Bonchev–Trinajstić information content (AvgIpc) is 3.40. The van der Waals surface area contributed by atoms with E-state index in [1.165, 1.54) is 12.8 Å². The van der Waals surface area contributed by atoms with Crippen LogP contribution in [0.5, 0.6) is 0 Å². The minimum Gasteiger partial charge on any atom is -0.342 e. The SMILES string of the molecule is CCc1cccc(C)c1NC(=O)C1CC1C(=O)N1CCCCCC1. The summed E-state index contributed by atoms with van der Waals surface area (Å²) >= 11 is 0. The number of hydrogen-bond donors (Lipinski definition) is 1. The first-order chi connectivity index (χ1) is 11.6. The van der Waals surface area contributed by atoms with Gasteiger partial charge in [0.15, 0.2) is 0 Å². The van der Waals surface area contributed by atoms with E-state index >= 15 is 0 Å². The first kappa shape index (κ1) is 17.0. The fourth-order valence-corrected chi connectivity index (χ4v) is 3.70. The van der Waals surface area contributed by atoms with Crippen molar-refractivity contribution in [2.24, 2.45) is 11.8 Å². The molecule has 130 valence electrons. The van der Waals surface area contributed by atoms with Gasteiger partial charge in [0.05, 0.1) is 11.8 Å². The standard InChI is InChI=1S/C20H28N2O2/c1-3-15-10-8-9-14(2)18(15)21-19(23)16-13-17(16)20(24)22-11-6-4-5-7-12-22/h8-10,16-17H,3-7,11-13H2,1-2H3,(H,21,23). The fraction of sp³-hybridized carbons (Fsp3) is 0.600. The zero-order valence-corrected chi connectivity index (χ0v) is 14.8. The van der Waals surface area contributed by atoms with Crippen molar-refractivity contribution in [1.82, 2.24) is 4.90 Å². The first-order valence-corrected chi connectivity index (χ1v) is 9.30. The van der Waals surface area contributed by atoms with Gasteiger partial charge < -0.3 is 10.2 Å². The number of carbonyl (C=O) groups excluding carboxylic acids is 2. The van der Waals surface area contributed by atoms with Gasteiger partial charge in [0.2, 0.25) is 11.8 Å². The maximum Gasteiger partial charge on any atom is 0.228 e. The van der Waals surface area contributed by atoms with Crippen LogP contribution in [0.15, 0.2) is 18.2 Å². The third-order valence-electron chi connectivity index (χ3n) is 5.35. The Kier molecular flexibility index (Phi) is 5.22. The van der Waals surface area contributed by atoms with Gasteiger partial charge in [0.25, 0.3) is 0 Å². The normalized spacial score (nSPS) is 23.5. The van der Waals surface area contributed by atoms with Crippen LogP contribution in [0.2, 0.25) is 0 Å². The lowest BCUT2D eigenvalue weighted by Gasteiger charge is -2.20. The van der Waals surface area contributed by atoms with Crippen molar-refractivity contribution in [2.75, 3.05) is 18.4 Å². The molecule has 2 fully saturated rings. The Hall–Kier alpha value is -1.84. The highest BCUT2D eigenvalue weighted by Gasteiger charge is 2.49. The molecule has 24 heavy (non-hydrogen) atoms. The van der Waals surface area contributed by atoms with Crippen LogP contribution in [0.3, 0.4) is 0 Å². The summed E-state index contributed by atoms with van der Waals surface area (Å²) in [5.41, 5.74) is 3.16. The van der Waals surface area contributed by atoms with Crippen LogP contribution in [0, 0.1) is 18.8 Å². The van der Waals surface area contributed by atoms with Crippen molar-refractivity contribution in [1.29, 1.82) is 0 Å². The molecule has 1 N–H and O–H groups in total. The number of amides is 2. The lowest BCUT2D eigenvalue weighted by atomic mass is 10.1. The van der Waals surface area contributed by atoms with Crippen molar-refractivity contribution < 1.29 is 9.59 Å². The number of anilines is 1. The summed E-state index contributed by atoms with van der Waals surface area (Å²) in [5, 5.41) is 3.08. The van der Waals surface area contributed by atoms with Gasteiger partial charge in [-0.2, -0.15) is 0 Å². The Morgan fingerprint density at radius 2 is 1.83 bits per heavy atom. The molecular weight excluding hydrogens is 300 g/mol. The van der Waals surface area contributed by atoms with E-state index in [1.807, 2.05) is 24.0 Å². The molecule has 2 aliphatic rings. The third-order valence-corrected chi connectivity index (χ3v) is 5.35.